The summed E-state index contributed by atoms with van der Waals surface area (Å²) >= 11 is 0. The first-order valence-electron chi connectivity index (χ1n) is 11.8. The van der Waals surface area contributed by atoms with Gasteiger partial charge in [-0.3, -0.25) is 9.69 Å². The predicted octanol–water partition coefficient (Wildman–Crippen LogP) is 8.19. The van der Waals surface area contributed by atoms with E-state index in [-0.39, 0.29) is 37.3 Å². The molecule has 0 aromatic heterocycles. The van der Waals surface area contributed by atoms with Gasteiger partial charge in [-0.2, -0.15) is 26.3 Å². The fraction of sp³-hybridized carbons (Fsp3) is 0.444. The highest BCUT2D eigenvalue weighted by molar-refractivity contribution is 5.67. The number of alkyl halides is 6. The SMILES string of the molecule is C=C(C)CCC(c1cc(C(F)(F)F)ccc1F)N1CCC(CC(=O)O)CC1c1ccc(C(F)(F)F)cc1. The van der Waals surface area contributed by atoms with Crippen LogP contribution in [-0.4, -0.2) is 22.5 Å². The normalized spacial score (nSPS) is 20.0. The number of piperidine rings is 1. The monoisotopic (exact) mass is 531 g/mol. The maximum atomic E-state index is 15.0. The van der Waals surface area contributed by atoms with Crippen molar-refractivity contribution in [1.82, 2.24) is 4.90 Å². The summed E-state index contributed by atoms with van der Waals surface area (Å²) in [5.74, 6) is -2.14. The zero-order valence-electron chi connectivity index (χ0n) is 20.2. The lowest BCUT2D eigenvalue weighted by Crippen LogP contribution is -2.40. The summed E-state index contributed by atoms with van der Waals surface area (Å²) in [6, 6.07) is 5.19. The molecule has 3 rings (SSSR count). The predicted molar refractivity (Wildman–Crippen MR) is 124 cm³/mol. The topological polar surface area (TPSA) is 40.5 Å². The largest absolute Gasteiger partial charge is 0.481 e. The van der Waals surface area contributed by atoms with Crippen LogP contribution < -0.4 is 0 Å². The zero-order valence-corrected chi connectivity index (χ0v) is 20.2. The summed E-state index contributed by atoms with van der Waals surface area (Å²) in [6.45, 7) is 5.81. The van der Waals surface area contributed by atoms with E-state index in [1.807, 2.05) is 0 Å². The highest BCUT2D eigenvalue weighted by Gasteiger charge is 2.38. The van der Waals surface area contributed by atoms with Gasteiger partial charge in [-0.25, -0.2) is 4.39 Å². The van der Waals surface area contributed by atoms with Gasteiger partial charge in [0.1, 0.15) is 5.82 Å². The van der Waals surface area contributed by atoms with E-state index in [4.69, 9.17) is 0 Å². The molecule has 1 heterocycles. The maximum Gasteiger partial charge on any atom is 0.416 e. The fourth-order valence-corrected chi connectivity index (χ4v) is 4.94. The van der Waals surface area contributed by atoms with Crippen molar-refractivity contribution in [2.24, 2.45) is 5.92 Å². The molecule has 0 aliphatic carbocycles. The molecule has 1 saturated heterocycles. The van der Waals surface area contributed by atoms with Crippen molar-refractivity contribution >= 4 is 5.97 Å². The summed E-state index contributed by atoms with van der Waals surface area (Å²) in [5, 5.41) is 9.29. The molecule has 0 bridgehead atoms. The van der Waals surface area contributed by atoms with E-state index >= 15 is 4.39 Å². The molecule has 10 heteroatoms. The van der Waals surface area contributed by atoms with Crippen LogP contribution in [0.25, 0.3) is 0 Å². The zero-order chi connectivity index (χ0) is 27.5. The second kappa shape index (κ2) is 11.2. The number of likely N-dealkylation sites (tertiary alicyclic amines) is 1. The average molecular weight is 532 g/mol. The van der Waals surface area contributed by atoms with Gasteiger partial charge in [0.2, 0.25) is 0 Å². The number of carboxylic acids is 1. The Kier molecular flexibility index (Phi) is 8.72. The van der Waals surface area contributed by atoms with Gasteiger partial charge in [-0.15, -0.1) is 6.58 Å². The minimum Gasteiger partial charge on any atom is -0.481 e. The maximum absolute atomic E-state index is 15.0. The van der Waals surface area contributed by atoms with Crippen LogP contribution in [0.4, 0.5) is 30.7 Å². The molecule has 0 spiro atoms. The highest BCUT2D eigenvalue weighted by atomic mass is 19.4. The van der Waals surface area contributed by atoms with Gasteiger partial charge in [-0.1, -0.05) is 17.7 Å². The van der Waals surface area contributed by atoms with Crippen molar-refractivity contribution in [3.05, 3.63) is 82.7 Å². The van der Waals surface area contributed by atoms with Gasteiger partial charge in [0.15, 0.2) is 0 Å². The number of nitrogens with zero attached hydrogens (tertiary/aromatic N) is 1. The molecular formula is C27H28F7NO2. The van der Waals surface area contributed by atoms with E-state index in [1.165, 1.54) is 12.1 Å². The highest BCUT2D eigenvalue weighted by Crippen LogP contribution is 2.44. The Morgan fingerprint density at radius 2 is 1.65 bits per heavy atom. The lowest BCUT2D eigenvalue weighted by Gasteiger charge is -2.44. The van der Waals surface area contributed by atoms with Gasteiger partial charge in [0.05, 0.1) is 11.1 Å². The Hall–Kier alpha value is -2.88. The second-order valence-corrected chi connectivity index (χ2v) is 9.61. The summed E-state index contributed by atoms with van der Waals surface area (Å²) < 4.78 is 94.8. The van der Waals surface area contributed by atoms with Crippen molar-refractivity contribution in [1.29, 1.82) is 0 Å². The van der Waals surface area contributed by atoms with Gasteiger partial charge in [0.25, 0.3) is 0 Å². The van der Waals surface area contributed by atoms with E-state index in [0.29, 0.717) is 24.5 Å². The first kappa shape index (κ1) is 28.7. The number of hydrogen-bond donors (Lipinski definition) is 1. The summed E-state index contributed by atoms with van der Waals surface area (Å²) in [7, 11) is 0. The van der Waals surface area contributed by atoms with Gasteiger partial charge < -0.3 is 5.11 Å². The van der Waals surface area contributed by atoms with Crippen LogP contribution >= 0.6 is 0 Å². The number of benzene rings is 2. The van der Waals surface area contributed by atoms with Gasteiger partial charge >= 0.3 is 18.3 Å². The van der Waals surface area contributed by atoms with Crippen molar-refractivity contribution < 1.29 is 40.6 Å². The average Bonchev–Trinajstić information content (AvgIpc) is 2.79. The number of aliphatic carboxylic acids is 1. The van der Waals surface area contributed by atoms with Gasteiger partial charge in [-0.05, 0) is 81.0 Å². The smallest absolute Gasteiger partial charge is 0.416 e. The minimum absolute atomic E-state index is 0.153. The first-order valence-corrected chi connectivity index (χ1v) is 11.8. The number of halogens is 7. The molecule has 37 heavy (non-hydrogen) atoms. The molecule has 3 unspecified atom stereocenters. The second-order valence-electron chi connectivity index (χ2n) is 9.61. The molecular weight excluding hydrogens is 503 g/mol. The summed E-state index contributed by atoms with van der Waals surface area (Å²) in [6.07, 6.45) is -8.14. The van der Waals surface area contributed by atoms with Gasteiger partial charge in [0, 0.05) is 24.1 Å². The van der Waals surface area contributed by atoms with Crippen LogP contribution in [-0.2, 0) is 17.1 Å². The molecule has 3 nitrogen and oxygen atoms in total. The number of hydrogen-bond acceptors (Lipinski definition) is 2. The van der Waals surface area contributed by atoms with E-state index in [0.717, 1.165) is 29.8 Å². The van der Waals surface area contributed by atoms with E-state index in [9.17, 15) is 36.2 Å². The van der Waals surface area contributed by atoms with Crippen LogP contribution in [0.5, 0.6) is 0 Å². The number of carboxylic acid groups (broad SMARTS) is 1. The molecule has 1 N–H and O–H groups in total. The van der Waals surface area contributed by atoms with Crippen molar-refractivity contribution in [2.45, 2.75) is 63.5 Å². The van der Waals surface area contributed by atoms with Crippen LogP contribution in [0.15, 0.2) is 54.6 Å². The standard InChI is InChI=1S/C27H28F7NO2/c1-16(2)3-10-23(21-15-20(27(32,33)34)8-9-22(21)28)35-12-11-17(14-25(36)37)13-24(35)18-4-6-19(7-5-18)26(29,30)31/h4-9,15,17,23-24H,1,3,10-14H2,2H3,(H,36,37). The third-order valence-corrected chi connectivity index (χ3v) is 6.77. The molecule has 2 aromatic rings. The van der Waals surface area contributed by atoms with Crippen LogP contribution in [0.1, 0.15) is 73.4 Å². The van der Waals surface area contributed by atoms with Crippen molar-refractivity contribution in [3.63, 3.8) is 0 Å². The Labute approximate surface area is 210 Å². The number of rotatable bonds is 8. The third kappa shape index (κ3) is 7.34. The lowest BCUT2D eigenvalue weighted by molar-refractivity contribution is -0.139. The molecule has 1 fully saturated rings. The summed E-state index contributed by atoms with van der Waals surface area (Å²) in [5.41, 5.74) is -0.829. The van der Waals surface area contributed by atoms with Crippen LogP contribution in [0.3, 0.4) is 0 Å². The Bertz CT molecular complexity index is 1110. The van der Waals surface area contributed by atoms with Crippen molar-refractivity contribution in [2.75, 3.05) is 6.54 Å². The molecule has 202 valence electrons. The summed E-state index contributed by atoms with van der Waals surface area (Å²) in [4.78, 5) is 13.1. The van der Waals surface area contributed by atoms with Crippen LogP contribution in [0, 0.1) is 11.7 Å². The van der Waals surface area contributed by atoms with Crippen molar-refractivity contribution in [3.8, 4) is 0 Å². The molecule has 3 atom stereocenters. The Morgan fingerprint density at radius 1 is 1.05 bits per heavy atom. The quantitative estimate of drug-likeness (QED) is 0.276. The fourth-order valence-electron chi connectivity index (χ4n) is 4.94. The first-order chi connectivity index (χ1) is 17.2. The van der Waals surface area contributed by atoms with E-state index in [2.05, 4.69) is 6.58 Å². The molecule has 0 amide bonds. The van der Waals surface area contributed by atoms with Crippen LogP contribution in [0.2, 0.25) is 0 Å². The Balaban J connectivity index is 2.08. The molecule has 0 radical (unpaired) electrons. The third-order valence-electron chi connectivity index (χ3n) is 6.77. The molecule has 2 aromatic carbocycles. The molecule has 1 aliphatic rings. The van der Waals surface area contributed by atoms with E-state index in [1.54, 1.807) is 11.8 Å². The minimum atomic E-state index is -4.69. The van der Waals surface area contributed by atoms with E-state index < -0.39 is 47.3 Å². The molecule has 1 aliphatic heterocycles. The Morgan fingerprint density at radius 3 is 2.19 bits per heavy atom. The molecule has 0 saturated carbocycles. The lowest BCUT2D eigenvalue weighted by atomic mass is 9.82. The number of carbonyl (C=O) groups is 1. The number of allylic oxidation sites excluding steroid dienone is 1.